The van der Waals surface area contributed by atoms with Crippen molar-refractivity contribution in [3.63, 3.8) is 0 Å². The van der Waals surface area contributed by atoms with E-state index in [4.69, 9.17) is 0 Å². The lowest BCUT2D eigenvalue weighted by molar-refractivity contribution is -0.117. The predicted molar refractivity (Wildman–Crippen MR) is 69.3 cm³/mol. The van der Waals surface area contributed by atoms with Crippen molar-refractivity contribution in [2.24, 2.45) is 5.92 Å². The minimum absolute atomic E-state index is 0.104. The number of nitrogens with zero attached hydrogens (tertiary/aromatic N) is 3. The molecule has 1 aliphatic rings. The second-order valence-electron chi connectivity index (χ2n) is 5.08. The zero-order valence-electron chi connectivity index (χ0n) is 10.6. The summed E-state index contributed by atoms with van der Waals surface area (Å²) in [4.78, 5) is 16.0. The maximum Gasteiger partial charge on any atom is 0.227 e. The molecule has 0 unspecified atom stereocenters. The van der Waals surface area contributed by atoms with Gasteiger partial charge in [-0.25, -0.2) is 9.67 Å². The van der Waals surface area contributed by atoms with Crippen molar-refractivity contribution in [2.75, 3.05) is 5.32 Å². The first-order chi connectivity index (χ1) is 8.65. The molecule has 94 valence electrons. The van der Waals surface area contributed by atoms with Gasteiger partial charge in [-0.05, 0) is 32.8 Å². The van der Waals surface area contributed by atoms with Crippen LogP contribution in [0.3, 0.4) is 0 Å². The van der Waals surface area contributed by atoms with Crippen molar-refractivity contribution in [3.8, 4) is 0 Å². The van der Waals surface area contributed by atoms with E-state index < -0.39 is 0 Å². The fourth-order valence-electron chi connectivity index (χ4n) is 1.98. The van der Waals surface area contributed by atoms with E-state index in [0.717, 1.165) is 29.6 Å². The SMILES string of the molecule is CC(C)n1ncc2cc(NC(=O)C3CC3)cnc21. The number of nitrogens with one attached hydrogen (secondary N) is 1. The van der Waals surface area contributed by atoms with Gasteiger partial charge < -0.3 is 5.32 Å². The molecule has 2 aromatic rings. The predicted octanol–water partition coefficient (Wildman–Crippen LogP) is 2.36. The Bertz CT molecular complexity index is 598. The molecule has 0 radical (unpaired) electrons. The summed E-state index contributed by atoms with van der Waals surface area (Å²) in [6, 6.07) is 2.20. The first kappa shape index (κ1) is 11.2. The molecule has 5 heteroatoms. The lowest BCUT2D eigenvalue weighted by atomic mass is 10.3. The maximum absolute atomic E-state index is 11.7. The molecular weight excluding hydrogens is 228 g/mol. The van der Waals surface area contributed by atoms with Gasteiger partial charge in [-0.15, -0.1) is 0 Å². The number of pyridine rings is 1. The Morgan fingerprint density at radius 1 is 1.44 bits per heavy atom. The van der Waals surface area contributed by atoms with Gasteiger partial charge in [0.15, 0.2) is 5.65 Å². The number of hydrogen-bond donors (Lipinski definition) is 1. The van der Waals surface area contributed by atoms with Crippen LogP contribution >= 0.6 is 0 Å². The molecule has 0 aromatic carbocycles. The van der Waals surface area contributed by atoms with E-state index in [9.17, 15) is 4.79 Å². The molecule has 0 aliphatic heterocycles. The van der Waals surface area contributed by atoms with Crippen molar-refractivity contribution < 1.29 is 4.79 Å². The molecule has 18 heavy (non-hydrogen) atoms. The number of aromatic nitrogens is 3. The normalized spacial score (nSPS) is 15.3. The first-order valence-electron chi connectivity index (χ1n) is 6.29. The highest BCUT2D eigenvalue weighted by molar-refractivity contribution is 5.95. The van der Waals surface area contributed by atoms with Crippen LogP contribution in [0.25, 0.3) is 11.0 Å². The van der Waals surface area contributed by atoms with E-state index in [1.165, 1.54) is 0 Å². The van der Waals surface area contributed by atoms with E-state index in [1.807, 2.05) is 10.7 Å². The van der Waals surface area contributed by atoms with Gasteiger partial charge in [0, 0.05) is 17.3 Å². The average Bonchev–Trinajstić information content (AvgIpc) is 3.09. The Kier molecular flexibility index (Phi) is 2.54. The summed E-state index contributed by atoms with van der Waals surface area (Å²) in [5, 5.41) is 8.16. The summed E-state index contributed by atoms with van der Waals surface area (Å²) >= 11 is 0. The van der Waals surface area contributed by atoms with E-state index in [-0.39, 0.29) is 17.9 Å². The molecular formula is C13H16N4O. The van der Waals surface area contributed by atoms with Crippen molar-refractivity contribution in [2.45, 2.75) is 32.7 Å². The molecule has 1 fully saturated rings. The number of carbonyl (C=O) groups is 1. The van der Waals surface area contributed by atoms with E-state index in [0.29, 0.717) is 0 Å². The van der Waals surface area contributed by atoms with Crippen LogP contribution in [0.4, 0.5) is 5.69 Å². The molecule has 0 atom stereocenters. The summed E-state index contributed by atoms with van der Waals surface area (Å²) in [6.45, 7) is 4.13. The van der Waals surface area contributed by atoms with Crippen molar-refractivity contribution in [1.82, 2.24) is 14.8 Å². The quantitative estimate of drug-likeness (QED) is 0.901. The summed E-state index contributed by atoms with van der Waals surface area (Å²) in [6.07, 6.45) is 5.50. The summed E-state index contributed by atoms with van der Waals surface area (Å²) in [5.74, 6) is 0.312. The number of anilines is 1. The topological polar surface area (TPSA) is 59.8 Å². The van der Waals surface area contributed by atoms with Crippen LogP contribution in [0.15, 0.2) is 18.5 Å². The lowest BCUT2D eigenvalue weighted by Gasteiger charge is -2.07. The fourth-order valence-corrected chi connectivity index (χ4v) is 1.98. The Morgan fingerprint density at radius 3 is 2.89 bits per heavy atom. The highest BCUT2D eigenvalue weighted by atomic mass is 16.2. The van der Waals surface area contributed by atoms with Gasteiger partial charge in [0.1, 0.15) is 0 Å². The Hall–Kier alpha value is -1.91. The van der Waals surface area contributed by atoms with Crippen LogP contribution in [0, 0.1) is 5.92 Å². The zero-order chi connectivity index (χ0) is 12.7. The van der Waals surface area contributed by atoms with Gasteiger partial charge >= 0.3 is 0 Å². The lowest BCUT2D eigenvalue weighted by Crippen LogP contribution is -2.13. The second kappa shape index (κ2) is 4.08. The molecule has 1 N–H and O–H groups in total. The summed E-state index contributed by atoms with van der Waals surface area (Å²) in [7, 11) is 0. The van der Waals surface area contributed by atoms with Crippen molar-refractivity contribution in [3.05, 3.63) is 18.5 Å². The van der Waals surface area contributed by atoms with E-state index in [2.05, 4.69) is 29.2 Å². The second-order valence-corrected chi connectivity index (χ2v) is 5.08. The highest BCUT2D eigenvalue weighted by Crippen LogP contribution is 2.30. The van der Waals surface area contributed by atoms with Crippen LogP contribution < -0.4 is 5.32 Å². The number of carbonyl (C=O) groups excluding carboxylic acids is 1. The third kappa shape index (κ3) is 1.96. The molecule has 3 rings (SSSR count). The van der Waals surface area contributed by atoms with Crippen LogP contribution in [0.5, 0.6) is 0 Å². The van der Waals surface area contributed by atoms with Gasteiger partial charge in [0.25, 0.3) is 0 Å². The van der Waals surface area contributed by atoms with Gasteiger partial charge in [-0.3, -0.25) is 4.79 Å². The zero-order valence-corrected chi connectivity index (χ0v) is 10.6. The minimum Gasteiger partial charge on any atom is -0.324 e. The van der Waals surface area contributed by atoms with Crippen molar-refractivity contribution in [1.29, 1.82) is 0 Å². The number of rotatable bonds is 3. The van der Waals surface area contributed by atoms with Crippen LogP contribution in [0.1, 0.15) is 32.7 Å². The fraction of sp³-hybridized carbons (Fsp3) is 0.462. The Labute approximate surface area is 105 Å². The number of amides is 1. The average molecular weight is 244 g/mol. The maximum atomic E-state index is 11.7. The van der Waals surface area contributed by atoms with Crippen LogP contribution in [0.2, 0.25) is 0 Å². The van der Waals surface area contributed by atoms with Gasteiger partial charge in [0.05, 0.1) is 18.1 Å². The molecule has 1 aliphatic carbocycles. The van der Waals surface area contributed by atoms with Crippen molar-refractivity contribution >= 4 is 22.6 Å². The summed E-state index contributed by atoms with van der Waals surface area (Å²) in [5.41, 5.74) is 1.61. The van der Waals surface area contributed by atoms with Gasteiger partial charge in [-0.2, -0.15) is 5.10 Å². The molecule has 0 saturated heterocycles. The number of fused-ring (bicyclic) bond motifs is 1. The number of hydrogen-bond acceptors (Lipinski definition) is 3. The van der Waals surface area contributed by atoms with E-state index in [1.54, 1.807) is 12.4 Å². The molecule has 1 amide bonds. The van der Waals surface area contributed by atoms with Crippen LogP contribution in [-0.4, -0.2) is 20.7 Å². The van der Waals surface area contributed by atoms with Crippen LogP contribution in [-0.2, 0) is 4.79 Å². The smallest absolute Gasteiger partial charge is 0.227 e. The van der Waals surface area contributed by atoms with Gasteiger partial charge in [-0.1, -0.05) is 0 Å². The first-order valence-corrected chi connectivity index (χ1v) is 6.29. The third-order valence-corrected chi connectivity index (χ3v) is 3.14. The Morgan fingerprint density at radius 2 is 2.22 bits per heavy atom. The highest BCUT2D eigenvalue weighted by Gasteiger charge is 2.29. The van der Waals surface area contributed by atoms with Gasteiger partial charge in [0.2, 0.25) is 5.91 Å². The standard InChI is InChI=1S/C13H16N4O/c1-8(2)17-12-10(6-15-17)5-11(7-14-12)16-13(18)9-3-4-9/h5-9H,3-4H2,1-2H3,(H,16,18). The molecule has 0 bridgehead atoms. The largest absolute Gasteiger partial charge is 0.324 e. The molecule has 5 nitrogen and oxygen atoms in total. The minimum atomic E-state index is 0.104. The molecule has 0 spiro atoms. The molecule has 2 aromatic heterocycles. The third-order valence-electron chi connectivity index (χ3n) is 3.14. The van der Waals surface area contributed by atoms with E-state index >= 15 is 0 Å². The Balaban J connectivity index is 1.89. The molecule has 1 saturated carbocycles. The monoisotopic (exact) mass is 244 g/mol. The summed E-state index contributed by atoms with van der Waals surface area (Å²) < 4.78 is 1.88. The molecule has 2 heterocycles.